The predicted octanol–water partition coefficient (Wildman–Crippen LogP) is 0.755. The van der Waals surface area contributed by atoms with Crippen LogP contribution in [0.4, 0.5) is 0 Å². The van der Waals surface area contributed by atoms with Crippen molar-refractivity contribution >= 4 is 5.91 Å². The zero-order valence-electron chi connectivity index (χ0n) is 8.64. The number of rotatable bonds is 4. The van der Waals surface area contributed by atoms with Crippen molar-refractivity contribution in [3.63, 3.8) is 0 Å². The van der Waals surface area contributed by atoms with Gasteiger partial charge in [-0.2, -0.15) is 0 Å². The topological polar surface area (TPSA) is 41.1 Å². The molecule has 0 saturated heterocycles. The molecular formula is C9H20N2O. The van der Waals surface area contributed by atoms with E-state index < -0.39 is 0 Å². The number of carbonyl (C=O) groups excluding carboxylic acids is 1. The lowest BCUT2D eigenvalue weighted by Gasteiger charge is -2.20. The summed E-state index contributed by atoms with van der Waals surface area (Å²) >= 11 is 0. The maximum absolute atomic E-state index is 11.5. The smallest absolute Gasteiger partial charge is 0.237 e. The second-order valence-corrected chi connectivity index (χ2v) is 3.67. The fourth-order valence-electron chi connectivity index (χ4n) is 1.14. The van der Waals surface area contributed by atoms with E-state index in [1.165, 1.54) is 0 Å². The molecule has 1 amide bonds. The Hall–Kier alpha value is -0.570. The maximum atomic E-state index is 11.5. The molecule has 1 atom stereocenters. The van der Waals surface area contributed by atoms with E-state index in [1.54, 1.807) is 0 Å². The zero-order chi connectivity index (χ0) is 9.72. The summed E-state index contributed by atoms with van der Waals surface area (Å²) in [4.78, 5) is 11.5. The van der Waals surface area contributed by atoms with Crippen LogP contribution in [0.2, 0.25) is 0 Å². The van der Waals surface area contributed by atoms with Crippen LogP contribution in [0.15, 0.2) is 0 Å². The molecule has 72 valence electrons. The van der Waals surface area contributed by atoms with Crippen LogP contribution in [0.25, 0.3) is 0 Å². The molecule has 0 heterocycles. The number of nitrogens with one attached hydrogen (secondary N) is 2. The molecule has 0 saturated carbocycles. The number of likely N-dealkylation sites (N-methyl/N-ethyl adjacent to an activating group) is 1. The summed E-state index contributed by atoms with van der Waals surface area (Å²) in [6.07, 6.45) is 0. The summed E-state index contributed by atoms with van der Waals surface area (Å²) < 4.78 is 0. The molecule has 0 aliphatic carbocycles. The molecule has 0 aromatic rings. The first-order valence-electron chi connectivity index (χ1n) is 4.46. The fraction of sp³-hybridized carbons (Fsp3) is 0.889. The zero-order valence-corrected chi connectivity index (χ0v) is 8.64. The summed E-state index contributed by atoms with van der Waals surface area (Å²) in [7, 11) is 1.81. The lowest BCUT2D eigenvalue weighted by atomic mass is 10.0. The standard InChI is InChI=1S/C9H20N2O/c1-6(2)8(10-5)9(12)11-7(3)4/h6-8,10H,1-5H3,(H,11,12)/t8-/m0/s1. The van der Waals surface area contributed by atoms with E-state index in [9.17, 15) is 4.79 Å². The minimum atomic E-state index is -0.0765. The van der Waals surface area contributed by atoms with Gasteiger partial charge < -0.3 is 10.6 Å². The molecular weight excluding hydrogens is 152 g/mol. The molecule has 0 spiro atoms. The van der Waals surface area contributed by atoms with Gasteiger partial charge in [-0.15, -0.1) is 0 Å². The number of hydrogen-bond acceptors (Lipinski definition) is 2. The van der Waals surface area contributed by atoms with E-state index in [0.717, 1.165) is 0 Å². The third kappa shape index (κ3) is 3.72. The summed E-state index contributed by atoms with van der Waals surface area (Å²) in [5.41, 5.74) is 0. The van der Waals surface area contributed by atoms with Crippen LogP contribution < -0.4 is 10.6 Å². The average molecular weight is 172 g/mol. The molecule has 0 aromatic heterocycles. The predicted molar refractivity (Wildman–Crippen MR) is 51.0 cm³/mol. The first-order valence-corrected chi connectivity index (χ1v) is 4.46. The highest BCUT2D eigenvalue weighted by molar-refractivity contribution is 5.82. The van der Waals surface area contributed by atoms with E-state index in [1.807, 2.05) is 34.7 Å². The third-order valence-corrected chi connectivity index (χ3v) is 1.69. The minimum Gasteiger partial charge on any atom is -0.353 e. The van der Waals surface area contributed by atoms with Crippen LogP contribution in [-0.2, 0) is 4.79 Å². The molecule has 0 aromatic carbocycles. The molecule has 0 aliphatic heterocycles. The molecule has 0 radical (unpaired) electrons. The first kappa shape index (κ1) is 11.4. The van der Waals surface area contributed by atoms with Crippen molar-refractivity contribution in [2.45, 2.75) is 39.8 Å². The Labute approximate surface area is 74.9 Å². The second kappa shape index (κ2) is 5.14. The van der Waals surface area contributed by atoms with Gasteiger partial charge in [-0.3, -0.25) is 4.79 Å². The Morgan fingerprint density at radius 3 is 1.92 bits per heavy atom. The van der Waals surface area contributed by atoms with Gasteiger partial charge in [0.25, 0.3) is 0 Å². The normalized spacial score (nSPS) is 13.6. The van der Waals surface area contributed by atoms with Crippen LogP contribution in [-0.4, -0.2) is 25.0 Å². The van der Waals surface area contributed by atoms with Crippen LogP contribution in [0, 0.1) is 5.92 Å². The minimum absolute atomic E-state index is 0.0765. The summed E-state index contributed by atoms with van der Waals surface area (Å²) in [6, 6.07) is 0.138. The van der Waals surface area contributed by atoms with Gasteiger partial charge in [0.05, 0.1) is 6.04 Å². The number of hydrogen-bond donors (Lipinski definition) is 2. The molecule has 3 heteroatoms. The molecule has 3 nitrogen and oxygen atoms in total. The Balaban J connectivity index is 4.04. The Kier molecular flexibility index (Phi) is 4.90. The average Bonchev–Trinajstić information content (AvgIpc) is 1.85. The fourth-order valence-corrected chi connectivity index (χ4v) is 1.14. The largest absolute Gasteiger partial charge is 0.353 e. The van der Waals surface area contributed by atoms with Gasteiger partial charge in [-0.25, -0.2) is 0 Å². The monoisotopic (exact) mass is 172 g/mol. The van der Waals surface area contributed by atoms with E-state index in [0.29, 0.717) is 5.92 Å². The van der Waals surface area contributed by atoms with Crippen molar-refractivity contribution in [1.82, 2.24) is 10.6 Å². The lowest BCUT2D eigenvalue weighted by molar-refractivity contribution is -0.124. The SMILES string of the molecule is CN[C@H](C(=O)NC(C)C)C(C)C. The molecule has 2 N–H and O–H groups in total. The molecule has 0 bridgehead atoms. The van der Waals surface area contributed by atoms with E-state index in [2.05, 4.69) is 10.6 Å². The van der Waals surface area contributed by atoms with E-state index in [4.69, 9.17) is 0 Å². The van der Waals surface area contributed by atoms with Crippen molar-refractivity contribution in [3.8, 4) is 0 Å². The van der Waals surface area contributed by atoms with Crippen LogP contribution in [0.1, 0.15) is 27.7 Å². The molecule has 0 unspecified atom stereocenters. The highest BCUT2D eigenvalue weighted by atomic mass is 16.2. The van der Waals surface area contributed by atoms with Gasteiger partial charge in [-0.1, -0.05) is 13.8 Å². The van der Waals surface area contributed by atoms with E-state index >= 15 is 0 Å². The van der Waals surface area contributed by atoms with Gasteiger partial charge in [0.2, 0.25) is 5.91 Å². The van der Waals surface area contributed by atoms with Crippen LogP contribution in [0.5, 0.6) is 0 Å². The highest BCUT2D eigenvalue weighted by Gasteiger charge is 2.19. The first-order chi connectivity index (χ1) is 5.49. The third-order valence-electron chi connectivity index (χ3n) is 1.69. The molecule has 12 heavy (non-hydrogen) atoms. The van der Waals surface area contributed by atoms with Crippen molar-refractivity contribution in [1.29, 1.82) is 0 Å². The maximum Gasteiger partial charge on any atom is 0.237 e. The van der Waals surface area contributed by atoms with Crippen LogP contribution >= 0.6 is 0 Å². The Bertz CT molecular complexity index is 143. The quantitative estimate of drug-likeness (QED) is 0.657. The van der Waals surface area contributed by atoms with Gasteiger partial charge >= 0.3 is 0 Å². The molecule has 0 rings (SSSR count). The summed E-state index contributed by atoms with van der Waals surface area (Å²) in [6.45, 7) is 7.98. The molecule has 0 fully saturated rings. The van der Waals surface area contributed by atoms with Crippen molar-refractivity contribution < 1.29 is 4.79 Å². The Morgan fingerprint density at radius 2 is 1.67 bits per heavy atom. The van der Waals surface area contributed by atoms with Gasteiger partial charge in [0.1, 0.15) is 0 Å². The van der Waals surface area contributed by atoms with Crippen molar-refractivity contribution in [2.24, 2.45) is 5.92 Å². The second-order valence-electron chi connectivity index (χ2n) is 3.67. The summed E-state index contributed by atoms with van der Waals surface area (Å²) in [5, 5.41) is 5.87. The van der Waals surface area contributed by atoms with E-state index in [-0.39, 0.29) is 18.0 Å². The molecule has 0 aliphatic rings. The van der Waals surface area contributed by atoms with Crippen LogP contribution in [0.3, 0.4) is 0 Å². The number of carbonyl (C=O) groups is 1. The lowest BCUT2D eigenvalue weighted by Crippen LogP contribution is -2.47. The van der Waals surface area contributed by atoms with Gasteiger partial charge in [0, 0.05) is 6.04 Å². The summed E-state index contributed by atoms with van der Waals surface area (Å²) in [5.74, 6) is 0.413. The Morgan fingerprint density at radius 1 is 1.17 bits per heavy atom. The van der Waals surface area contributed by atoms with Crippen molar-refractivity contribution in [2.75, 3.05) is 7.05 Å². The van der Waals surface area contributed by atoms with Gasteiger partial charge in [-0.05, 0) is 26.8 Å². The number of amides is 1. The van der Waals surface area contributed by atoms with Gasteiger partial charge in [0.15, 0.2) is 0 Å². The highest BCUT2D eigenvalue weighted by Crippen LogP contribution is 2.00. The van der Waals surface area contributed by atoms with Crippen molar-refractivity contribution in [3.05, 3.63) is 0 Å².